The molecule has 0 bridgehead atoms. The van der Waals surface area contributed by atoms with E-state index in [-0.39, 0.29) is 24.9 Å². The summed E-state index contributed by atoms with van der Waals surface area (Å²) in [6.45, 7) is -1.51. The largest absolute Gasteiger partial charge is 0.476 e. The van der Waals surface area contributed by atoms with Crippen molar-refractivity contribution in [2.45, 2.75) is 6.18 Å². The lowest BCUT2D eigenvalue weighted by Crippen LogP contribution is -2.20. The number of nitrogens with zero attached hydrogens (tertiary/aromatic N) is 1. The second-order valence-corrected chi connectivity index (χ2v) is 2.94. The fourth-order valence-electron chi connectivity index (χ4n) is 0.871. The van der Waals surface area contributed by atoms with Gasteiger partial charge in [0, 0.05) is 6.54 Å². The third-order valence-electron chi connectivity index (χ3n) is 1.51. The van der Waals surface area contributed by atoms with Gasteiger partial charge in [-0.1, -0.05) is 0 Å². The molecule has 1 aromatic rings. The SMILES string of the molecule is O=C(O)c1coc(NCCOCC(F)(F)F)n1. The topological polar surface area (TPSA) is 84.6 Å². The van der Waals surface area contributed by atoms with Gasteiger partial charge in [-0.15, -0.1) is 0 Å². The Balaban J connectivity index is 2.20. The normalized spacial score (nSPS) is 11.5. The van der Waals surface area contributed by atoms with Crippen LogP contribution in [0.5, 0.6) is 0 Å². The van der Waals surface area contributed by atoms with E-state index in [0.29, 0.717) is 0 Å². The summed E-state index contributed by atoms with van der Waals surface area (Å²) in [6.07, 6.45) is -3.44. The van der Waals surface area contributed by atoms with E-state index < -0.39 is 18.8 Å². The molecular weight excluding hydrogens is 245 g/mol. The summed E-state index contributed by atoms with van der Waals surface area (Å²) in [6, 6.07) is -0.0852. The maximum atomic E-state index is 11.7. The molecule has 0 unspecified atom stereocenters. The number of aromatic nitrogens is 1. The molecule has 1 heterocycles. The number of oxazole rings is 1. The first-order valence-corrected chi connectivity index (χ1v) is 4.45. The van der Waals surface area contributed by atoms with Gasteiger partial charge in [-0.2, -0.15) is 18.2 Å². The van der Waals surface area contributed by atoms with Gasteiger partial charge >= 0.3 is 12.1 Å². The summed E-state index contributed by atoms with van der Waals surface area (Å²) in [5, 5.41) is 11.0. The summed E-state index contributed by atoms with van der Waals surface area (Å²) in [5.41, 5.74) is -0.288. The average Bonchev–Trinajstić information content (AvgIpc) is 2.64. The minimum Gasteiger partial charge on any atom is -0.476 e. The lowest BCUT2D eigenvalue weighted by molar-refractivity contribution is -0.172. The Kier molecular flexibility index (Phi) is 4.32. The Morgan fingerprint density at radius 2 is 2.29 bits per heavy atom. The quantitative estimate of drug-likeness (QED) is 0.746. The van der Waals surface area contributed by atoms with Crippen LogP contribution >= 0.6 is 0 Å². The lowest BCUT2D eigenvalue weighted by Gasteiger charge is -2.07. The molecule has 1 aromatic heterocycles. The molecule has 0 aliphatic carbocycles. The molecule has 0 saturated heterocycles. The van der Waals surface area contributed by atoms with E-state index in [9.17, 15) is 18.0 Å². The summed E-state index contributed by atoms with van der Waals surface area (Å²) in [5.74, 6) is -1.25. The van der Waals surface area contributed by atoms with Crippen molar-refractivity contribution in [3.63, 3.8) is 0 Å². The highest BCUT2D eigenvalue weighted by Crippen LogP contribution is 2.14. The maximum Gasteiger partial charge on any atom is 0.411 e. The molecule has 1 rings (SSSR count). The number of alkyl halides is 3. The minimum absolute atomic E-state index is 0.0235. The zero-order chi connectivity index (χ0) is 12.9. The van der Waals surface area contributed by atoms with E-state index >= 15 is 0 Å². The Hall–Kier alpha value is -1.77. The molecule has 96 valence electrons. The first-order valence-electron chi connectivity index (χ1n) is 4.45. The molecule has 2 N–H and O–H groups in total. The van der Waals surface area contributed by atoms with Crippen LogP contribution in [0.3, 0.4) is 0 Å². The molecule has 0 atom stereocenters. The Labute approximate surface area is 93.4 Å². The van der Waals surface area contributed by atoms with Crippen LogP contribution in [0, 0.1) is 0 Å². The predicted molar refractivity (Wildman–Crippen MR) is 48.8 cm³/mol. The van der Waals surface area contributed by atoms with Gasteiger partial charge in [-0.25, -0.2) is 4.79 Å². The smallest absolute Gasteiger partial charge is 0.411 e. The third-order valence-corrected chi connectivity index (χ3v) is 1.51. The van der Waals surface area contributed by atoms with Crippen molar-refractivity contribution in [1.82, 2.24) is 4.98 Å². The van der Waals surface area contributed by atoms with Crippen molar-refractivity contribution in [1.29, 1.82) is 0 Å². The first-order chi connectivity index (χ1) is 7.88. The van der Waals surface area contributed by atoms with Crippen LogP contribution in [-0.4, -0.2) is 42.0 Å². The Morgan fingerprint density at radius 1 is 1.59 bits per heavy atom. The molecule has 0 fully saturated rings. The Bertz CT molecular complexity index is 377. The van der Waals surface area contributed by atoms with Gasteiger partial charge in [0.2, 0.25) is 0 Å². The predicted octanol–water partition coefficient (Wildman–Crippen LogP) is 1.36. The number of aromatic carboxylic acids is 1. The highest BCUT2D eigenvalue weighted by molar-refractivity contribution is 5.85. The summed E-state index contributed by atoms with van der Waals surface area (Å²) < 4.78 is 44.0. The molecule has 0 aliphatic rings. The molecule has 17 heavy (non-hydrogen) atoms. The molecule has 6 nitrogen and oxygen atoms in total. The van der Waals surface area contributed by atoms with Gasteiger partial charge in [0.15, 0.2) is 5.69 Å². The molecule has 9 heteroatoms. The Morgan fingerprint density at radius 3 is 2.82 bits per heavy atom. The van der Waals surface area contributed by atoms with Crippen LogP contribution < -0.4 is 5.32 Å². The number of nitrogens with one attached hydrogen (secondary N) is 1. The van der Waals surface area contributed by atoms with Gasteiger partial charge in [-0.05, 0) is 0 Å². The first kappa shape index (κ1) is 13.3. The van der Waals surface area contributed by atoms with Crippen LogP contribution in [0.2, 0.25) is 0 Å². The molecule has 0 saturated carbocycles. The van der Waals surface area contributed by atoms with E-state index in [1.807, 2.05) is 0 Å². The summed E-state index contributed by atoms with van der Waals surface area (Å²) in [7, 11) is 0. The summed E-state index contributed by atoms with van der Waals surface area (Å²) in [4.78, 5) is 13.9. The zero-order valence-electron chi connectivity index (χ0n) is 8.45. The fraction of sp³-hybridized carbons (Fsp3) is 0.500. The molecule has 0 aromatic carbocycles. The molecule has 0 amide bonds. The zero-order valence-corrected chi connectivity index (χ0v) is 8.45. The fourth-order valence-corrected chi connectivity index (χ4v) is 0.871. The van der Waals surface area contributed by atoms with Crippen molar-refractivity contribution in [3.8, 4) is 0 Å². The van der Waals surface area contributed by atoms with Crippen molar-refractivity contribution in [3.05, 3.63) is 12.0 Å². The molecule has 0 radical (unpaired) electrons. The molecular formula is C8H9F3N2O4. The number of ether oxygens (including phenoxy) is 1. The average molecular weight is 254 g/mol. The second-order valence-electron chi connectivity index (χ2n) is 2.94. The van der Waals surface area contributed by atoms with E-state index in [4.69, 9.17) is 9.52 Å². The number of halogens is 3. The van der Waals surface area contributed by atoms with Crippen LogP contribution in [0.4, 0.5) is 19.2 Å². The van der Waals surface area contributed by atoms with Crippen molar-refractivity contribution in [2.24, 2.45) is 0 Å². The van der Waals surface area contributed by atoms with Crippen LogP contribution in [0.25, 0.3) is 0 Å². The van der Waals surface area contributed by atoms with E-state index in [1.165, 1.54) is 0 Å². The number of carbonyl (C=O) groups is 1. The van der Waals surface area contributed by atoms with E-state index in [0.717, 1.165) is 6.26 Å². The number of carboxylic acids is 1. The van der Waals surface area contributed by atoms with Crippen LogP contribution in [-0.2, 0) is 4.74 Å². The van der Waals surface area contributed by atoms with Crippen molar-refractivity contribution < 1.29 is 32.2 Å². The number of anilines is 1. The second kappa shape index (κ2) is 5.53. The third kappa shape index (κ3) is 5.20. The highest BCUT2D eigenvalue weighted by atomic mass is 19.4. The lowest BCUT2D eigenvalue weighted by atomic mass is 10.5. The monoisotopic (exact) mass is 254 g/mol. The van der Waals surface area contributed by atoms with Crippen LogP contribution in [0.15, 0.2) is 10.7 Å². The van der Waals surface area contributed by atoms with Crippen LogP contribution in [0.1, 0.15) is 10.5 Å². The van der Waals surface area contributed by atoms with Gasteiger partial charge in [0.1, 0.15) is 12.9 Å². The summed E-state index contributed by atoms with van der Waals surface area (Å²) >= 11 is 0. The number of hydrogen-bond donors (Lipinski definition) is 2. The number of carboxylic acid groups (broad SMARTS) is 1. The molecule has 0 aliphatic heterocycles. The van der Waals surface area contributed by atoms with Gasteiger partial charge < -0.3 is 19.6 Å². The van der Waals surface area contributed by atoms with Gasteiger partial charge in [0.25, 0.3) is 6.01 Å². The highest BCUT2D eigenvalue weighted by Gasteiger charge is 2.27. The van der Waals surface area contributed by atoms with Crippen molar-refractivity contribution in [2.75, 3.05) is 25.1 Å². The van der Waals surface area contributed by atoms with Gasteiger partial charge in [-0.3, -0.25) is 0 Å². The standard InChI is InChI=1S/C8H9F3N2O4/c9-8(10,11)4-16-2-1-12-7-13-5(3-17-7)6(14)15/h3H,1-2,4H2,(H,12,13)(H,14,15). The number of hydrogen-bond acceptors (Lipinski definition) is 5. The maximum absolute atomic E-state index is 11.7. The minimum atomic E-state index is -4.36. The van der Waals surface area contributed by atoms with E-state index in [1.54, 1.807) is 0 Å². The van der Waals surface area contributed by atoms with Gasteiger partial charge in [0.05, 0.1) is 6.61 Å². The van der Waals surface area contributed by atoms with E-state index in [2.05, 4.69) is 15.0 Å². The van der Waals surface area contributed by atoms with Crippen molar-refractivity contribution >= 4 is 12.0 Å². The molecule has 0 spiro atoms. The number of rotatable bonds is 6.